The molecule has 0 unspecified atom stereocenters. The molecular weight excluding hydrogens is 283 g/mol. The summed E-state index contributed by atoms with van der Waals surface area (Å²) in [7, 11) is -0.271. The first-order valence-electron chi connectivity index (χ1n) is 8.63. The predicted octanol–water partition coefficient (Wildman–Crippen LogP) is 5.45. The lowest BCUT2D eigenvalue weighted by atomic mass is 9.85. The molecule has 1 saturated heterocycles. The lowest BCUT2D eigenvalue weighted by Gasteiger charge is -2.32. The zero-order valence-electron chi connectivity index (χ0n) is 15.1. The van der Waals surface area contributed by atoms with Gasteiger partial charge in [0, 0.05) is 0 Å². The van der Waals surface area contributed by atoms with E-state index in [-0.39, 0.29) is 18.3 Å². The third-order valence-corrected chi connectivity index (χ3v) is 4.73. The standard InChI is InChI=1S/C20H29BO2/c1-6-7-11-18(15-14-17-12-9-8-10-13-17)16-21-22-19(2,3)20(4,5)23-21/h8-10,12-16H,6-7,11H2,1-5H3/b15-14+,18-16-. The summed E-state index contributed by atoms with van der Waals surface area (Å²) in [6, 6.07) is 10.4. The normalized spacial score (nSPS) is 20.4. The largest absolute Gasteiger partial charge is 0.487 e. The van der Waals surface area contributed by atoms with Gasteiger partial charge in [-0.15, -0.1) is 0 Å². The van der Waals surface area contributed by atoms with Crippen LogP contribution >= 0.6 is 0 Å². The minimum atomic E-state index is -0.285. The third kappa shape index (κ3) is 4.83. The lowest BCUT2D eigenvalue weighted by molar-refractivity contribution is 0.00578. The second-order valence-corrected chi connectivity index (χ2v) is 7.21. The van der Waals surface area contributed by atoms with Crippen molar-refractivity contribution >= 4 is 13.2 Å². The molecule has 124 valence electrons. The Hall–Kier alpha value is -1.32. The number of unbranched alkanes of at least 4 members (excludes halogenated alkanes) is 1. The smallest absolute Gasteiger partial charge is 0.400 e. The van der Waals surface area contributed by atoms with Gasteiger partial charge in [0.2, 0.25) is 0 Å². The Morgan fingerprint density at radius 2 is 1.65 bits per heavy atom. The van der Waals surface area contributed by atoms with Crippen LogP contribution in [-0.4, -0.2) is 18.3 Å². The highest BCUT2D eigenvalue weighted by atomic mass is 16.7. The minimum absolute atomic E-state index is 0.271. The fraction of sp³-hybridized carbons (Fsp3) is 0.500. The van der Waals surface area contributed by atoms with Crippen molar-refractivity contribution in [3.63, 3.8) is 0 Å². The molecule has 1 heterocycles. The van der Waals surface area contributed by atoms with Crippen molar-refractivity contribution in [3.05, 3.63) is 53.5 Å². The summed E-state index contributed by atoms with van der Waals surface area (Å²) in [6.45, 7) is 10.6. The maximum absolute atomic E-state index is 6.09. The van der Waals surface area contributed by atoms with Gasteiger partial charge in [-0.3, -0.25) is 0 Å². The van der Waals surface area contributed by atoms with Gasteiger partial charge >= 0.3 is 7.12 Å². The van der Waals surface area contributed by atoms with E-state index in [0.29, 0.717) is 0 Å². The summed E-state index contributed by atoms with van der Waals surface area (Å²) in [5.41, 5.74) is 1.92. The molecule has 0 N–H and O–H groups in total. The Bertz CT molecular complexity index is 542. The van der Waals surface area contributed by atoms with E-state index in [2.05, 4.69) is 77.0 Å². The summed E-state index contributed by atoms with van der Waals surface area (Å²) in [5.74, 6) is 2.13. The van der Waals surface area contributed by atoms with Crippen LogP contribution in [0.15, 0.2) is 48.0 Å². The summed E-state index contributed by atoms with van der Waals surface area (Å²) < 4.78 is 12.2. The number of hydrogen-bond acceptors (Lipinski definition) is 2. The van der Waals surface area contributed by atoms with Gasteiger partial charge < -0.3 is 9.31 Å². The average molecular weight is 312 g/mol. The summed E-state index contributed by atoms with van der Waals surface area (Å²) in [5, 5.41) is 0. The molecule has 0 aliphatic carbocycles. The van der Waals surface area contributed by atoms with Crippen LogP contribution in [0, 0.1) is 0 Å². The molecule has 0 amide bonds. The van der Waals surface area contributed by atoms with Crippen LogP contribution in [-0.2, 0) is 9.31 Å². The van der Waals surface area contributed by atoms with Gasteiger partial charge in [-0.1, -0.05) is 67.4 Å². The predicted molar refractivity (Wildman–Crippen MR) is 99.2 cm³/mol. The SMILES string of the molecule is CCCCC(=C/B1OC(C)(C)C(C)(C)O1)/C=C/c1ccccc1. The van der Waals surface area contributed by atoms with Crippen LogP contribution in [0.25, 0.3) is 6.08 Å². The van der Waals surface area contributed by atoms with Gasteiger partial charge in [0.05, 0.1) is 11.2 Å². The fourth-order valence-corrected chi connectivity index (χ4v) is 2.50. The first-order valence-corrected chi connectivity index (χ1v) is 8.63. The molecule has 0 atom stereocenters. The van der Waals surface area contributed by atoms with Crippen molar-refractivity contribution in [1.29, 1.82) is 0 Å². The summed E-state index contributed by atoms with van der Waals surface area (Å²) in [4.78, 5) is 0. The fourth-order valence-electron chi connectivity index (χ4n) is 2.50. The van der Waals surface area contributed by atoms with Crippen LogP contribution in [0.4, 0.5) is 0 Å². The molecule has 1 aliphatic rings. The van der Waals surface area contributed by atoms with Crippen molar-refractivity contribution in [2.24, 2.45) is 0 Å². The summed E-state index contributed by atoms with van der Waals surface area (Å²) >= 11 is 0. The van der Waals surface area contributed by atoms with Crippen molar-refractivity contribution in [2.45, 2.75) is 65.1 Å². The molecule has 0 bridgehead atoms. The second-order valence-electron chi connectivity index (χ2n) is 7.21. The van der Waals surface area contributed by atoms with Crippen LogP contribution in [0.5, 0.6) is 0 Å². The number of rotatable bonds is 6. The van der Waals surface area contributed by atoms with Gasteiger partial charge in [0.25, 0.3) is 0 Å². The lowest BCUT2D eigenvalue weighted by Crippen LogP contribution is -2.41. The molecule has 2 nitrogen and oxygen atoms in total. The molecule has 3 heteroatoms. The van der Waals surface area contributed by atoms with E-state index < -0.39 is 0 Å². The van der Waals surface area contributed by atoms with Crippen molar-refractivity contribution in [2.75, 3.05) is 0 Å². The van der Waals surface area contributed by atoms with Crippen LogP contribution in [0.2, 0.25) is 0 Å². The highest BCUT2D eigenvalue weighted by Crippen LogP contribution is 2.37. The van der Waals surface area contributed by atoms with E-state index in [1.165, 1.54) is 24.0 Å². The topological polar surface area (TPSA) is 18.5 Å². The molecule has 1 aliphatic heterocycles. The second kappa shape index (κ2) is 7.50. The van der Waals surface area contributed by atoms with Crippen LogP contribution in [0.3, 0.4) is 0 Å². The molecule has 1 aromatic rings. The van der Waals surface area contributed by atoms with Crippen molar-refractivity contribution in [1.82, 2.24) is 0 Å². The van der Waals surface area contributed by atoms with E-state index >= 15 is 0 Å². The Kier molecular flexibility index (Phi) is 5.88. The Labute approximate surface area is 141 Å². The van der Waals surface area contributed by atoms with E-state index in [0.717, 1.165) is 6.42 Å². The van der Waals surface area contributed by atoms with E-state index in [1.54, 1.807) is 0 Å². The van der Waals surface area contributed by atoms with E-state index in [1.807, 2.05) is 6.07 Å². The monoisotopic (exact) mass is 312 g/mol. The zero-order valence-corrected chi connectivity index (χ0v) is 15.1. The number of allylic oxidation sites excluding steroid dienone is 2. The highest BCUT2D eigenvalue weighted by Gasteiger charge is 2.50. The van der Waals surface area contributed by atoms with Gasteiger partial charge in [-0.05, 0) is 46.1 Å². The minimum Gasteiger partial charge on any atom is -0.400 e. The van der Waals surface area contributed by atoms with Gasteiger partial charge in [0.1, 0.15) is 0 Å². The van der Waals surface area contributed by atoms with E-state index in [4.69, 9.17) is 9.31 Å². The van der Waals surface area contributed by atoms with Gasteiger partial charge in [0.15, 0.2) is 0 Å². The van der Waals surface area contributed by atoms with Crippen LogP contribution < -0.4 is 0 Å². The molecule has 0 aromatic heterocycles. The molecule has 1 fully saturated rings. The number of hydrogen-bond donors (Lipinski definition) is 0. The molecule has 0 radical (unpaired) electrons. The molecule has 0 spiro atoms. The Morgan fingerprint density at radius 3 is 2.22 bits per heavy atom. The zero-order chi connectivity index (χ0) is 16.9. The van der Waals surface area contributed by atoms with Crippen LogP contribution in [0.1, 0.15) is 59.4 Å². The van der Waals surface area contributed by atoms with Crippen molar-refractivity contribution in [3.8, 4) is 0 Å². The molecule has 2 rings (SSSR count). The Balaban J connectivity index is 2.14. The molecule has 1 aromatic carbocycles. The molecular formula is C20H29BO2. The summed E-state index contributed by atoms with van der Waals surface area (Å²) in [6.07, 6.45) is 7.75. The van der Waals surface area contributed by atoms with Crippen molar-refractivity contribution < 1.29 is 9.31 Å². The molecule has 23 heavy (non-hydrogen) atoms. The maximum Gasteiger partial charge on any atom is 0.487 e. The number of benzene rings is 1. The van der Waals surface area contributed by atoms with Gasteiger partial charge in [-0.25, -0.2) is 0 Å². The quantitative estimate of drug-likeness (QED) is 0.514. The first-order chi connectivity index (χ1) is 10.8. The molecule has 0 saturated carbocycles. The third-order valence-electron chi connectivity index (χ3n) is 4.73. The van der Waals surface area contributed by atoms with Gasteiger partial charge in [-0.2, -0.15) is 0 Å². The average Bonchev–Trinajstić information content (AvgIpc) is 2.70. The maximum atomic E-state index is 6.09. The Morgan fingerprint density at radius 1 is 1.04 bits per heavy atom. The van der Waals surface area contributed by atoms with E-state index in [9.17, 15) is 0 Å². The first kappa shape index (κ1) is 18.0. The highest BCUT2D eigenvalue weighted by molar-refractivity contribution is 6.52.